The minimum absolute atomic E-state index is 0.0390. The first-order valence-corrected chi connectivity index (χ1v) is 7.19. The molecule has 0 saturated heterocycles. The third kappa shape index (κ3) is 4.08. The van der Waals surface area contributed by atoms with Crippen molar-refractivity contribution in [2.75, 3.05) is 13.1 Å². The predicted octanol–water partition coefficient (Wildman–Crippen LogP) is 2.06. The minimum Gasteiger partial charge on any atom is -0.360 e. The topological polar surface area (TPSA) is 74.0 Å². The van der Waals surface area contributed by atoms with Gasteiger partial charge in [0.15, 0.2) is 0 Å². The number of H-pyrrole nitrogens is 1. The number of aromatic amines is 1. The summed E-state index contributed by atoms with van der Waals surface area (Å²) < 4.78 is 0. The van der Waals surface area contributed by atoms with E-state index in [9.17, 15) is 9.59 Å². The van der Waals surface area contributed by atoms with Gasteiger partial charge in [-0.05, 0) is 12.0 Å². The minimum atomic E-state index is -0.163. The Morgan fingerprint density at radius 1 is 1.19 bits per heavy atom. The lowest BCUT2D eigenvalue weighted by Crippen LogP contribution is -2.32. The molecule has 0 fully saturated rings. The lowest BCUT2D eigenvalue weighted by molar-refractivity contribution is -0.121. The predicted molar refractivity (Wildman–Crippen MR) is 83.1 cm³/mol. The molecule has 0 aliphatic rings. The van der Waals surface area contributed by atoms with Crippen molar-refractivity contribution in [3.05, 3.63) is 36.0 Å². The van der Waals surface area contributed by atoms with Crippen LogP contribution in [0.2, 0.25) is 0 Å². The molecule has 0 atom stereocenters. The van der Waals surface area contributed by atoms with Crippen molar-refractivity contribution in [3.63, 3.8) is 0 Å². The quantitative estimate of drug-likeness (QED) is 0.761. The van der Waals surface area contributed by atoms with Gasteiger partial charge >= 0.3 is 0 Å². The second-order valence-corrected chi connectivity index (χ2v) is 5.45. The molecule has 0 spiro atoms. The molecule has 0 aliphatic heterocycles. The monoisotopic (exact) mass is 287 g/mol. The van der Waals surface area contributed by atoms with E-state index in [0.29, 0.717) is 31.0 Å². The average molecular weight is 287 g/mol. The van der Waals surface area contributed by atoms with E-state index in [-0.39, 0.29) is 11.8 Å². The van der Waals surface area contributed by atoms with Crippen molar-refractivity contribution < 1.29 is 9.59 Å². The Bertz CT molecular complexity index is 631. The molecule has 1 heterocycles. The van der Waals surface area contributed by atoms with Crippen molar-refractivity contribution in [3.8, 4) is 0 Å². The van der Waals surface area contributed by atoms with Gasteiger partial charge in [0.1, 0.15) is 0 Å². The molecule has 0 radical (unpaired) electrons. The standard InChI is InChI=1S/C16H21N3O2/c1-11(2)9-19-15(20)7-8-17-16(21)13-10-18-14-6-4-3-5-12(13)14/h3-6,10-11,18H,7-9H2,1-2H3,(H,17,21)(H,19,20). The van der Waals surface area contributed by atoms with Crippen molar-refractivity contribution in [1.29, 1.82) is 0 Å². The van der Waals surface area contributed by atoms with E-state index in [1.807, 2.05) is 38.1 Å². The van der Waals surface area contributed by atoms with Crippen LogP contribution in [0, 0.1) is 5.92 Å². The van der Waals surface area contributed by atoms with E-state index < -0.39 is 0 Å². The smallest absolute Gasteiger partial charge is 0.253 e. The highest BCUT2D eigenvalue weighted by Gasteiger charge is 2.11. The molecule has 2 rings (SSSR count). The summed E-state index contributed by atoms with van der Waals surface area (Å²) in [6.45, 7) is 5.08. The SMILES string of the molecule is CC(C)CNC(=O)CCNC(=O)c1c[nH]c2ccccc12. The highest BCUT2D eigenvalue weighted by Crippen LogP contribution is 2.17. The summed E-state index contributed by atoms with van der Waals surface area (Å²) >= 11 is 0. The molecule has 0 saturated carbocycles. The van der Waals surface area contributed by atoms with Crippen LogP contribution >= 0.6 is 0 Å². The molecular weight excluding hydrogens is 266 g/mol. The summed E-state index contributed by atoms with van der Waals surface area (Å²) in [5.74, 6) is 0.224. The maximum absolute atomic E-state index is 12.1. The lowest BCUT2D eigenvalue weighted by atomic mass is 10.1. The number of carbonyl (C=O) groups excluding carboxylic acids is 2. The summed E-state index contributed by atoms with van der Waals surface area (Å²) in [4.78, 5) is 26.7. The molecule has 21 heavy (non-hydrogen) atoms. The molecule has 112 valence electrons. The number of aromatic nitrogens is 1. The van der Waals surface area contributed by atoms with Crippen molar-refractivity contribution >= 4 is 22.7 Å². The zero-order chi connectivity index (χ0) is 15.2. The van der Waals surface area contributed by atoms with E-state index in [4.69, 9.17) is 0 Å². The van der Waals surface area contributed by atoms with Gasteiger partial charge < -0.3 is 15.6 Å². The van der Waals surface area contributed by atoms with E-state index in [2.05, 4.69) is 15.6 Å². The largest absolute Gasteiger partial charge is 0.360 e. The summed E-state index contributed by atoms with van der Waals surface area (Å²) in [5, 5.41) is 6.49. The summed E-state index contributed by atoms with van der Waals surface area (Å²) in [5.41, 5.74) is 1.53. The van der Waals surface area contributed by atoms with Crippen LogP contribution in [0.4, 0.5) is 0 Å². The lowest BCUT2D eigenvalue weighted by Gasteiger charge is -2.08. The van der Waals surface area contributed by atoms with Gasteiger partial charge in [-0.2, -0.15) is 0 Å². The number of amides is 2. The zero-order valence-corrected chi connectivity index (χ0v) is 12.4. The van der Waals surface area contributed by atoms with E-state index in [0.717, 1.165) is 10.9 Å². The van der Waals surface area contributed by atoms with E-state index in [1.54, 1.807) is 6.20 Å². The molecular formula is C16H21N3O2. The maximum atomic E-state index is 12.1. The van der Waals surface area contributed by atoms with Crippen LogP contribution in [-0.2, 0) is 4.79 Å². The van der Waals surface area contributed by atoms with Crippen LogP contribution in [0.25, 0.3) is 10.9 Å². The summed E-state index contributed by atoms with van der Waals surface area (Å²) in [7, 11) is 0. The first kappa shape index (κ1) is 15.1. The molecule has 5 heteroatoms. The highest BCUT2D eigenvalue weighted by molar-refractivity contribution is 6.06. The third-order valence-electron chi connectivity index (χ3n) is 3.18. The molecule has 3 N–H and O–H groups in total. The Morgan fingerprint density at radius 2 is 1.95 bits per heavy atom. The van der Waals surface area contributed by atoms with Crippen LogP contribution in [-0.4, -0.2) is 29.9 Å². The number of benzene rings is 1. The van der Waals surface area contributed by atoms with Gasteiger partial charge in [-0.25, -0.2) is 0 Å². The van der Waals surface area contributed by atoms with Gasteiger partial charge in [-0.15, -0.1) is 0 Å². The second-order valence-electron chi connectivity index (χ2n) is 5.45. The maximum Gasteiger partial charge on any atom is 0.253 e. The van der Waals surface area contributed by atoms with Gasteiger partial charge in [0, 0.05) is 36.6 Å². The van der Waals surface area contributed by atoms with Gasteiger partial charge in [0.25, 0.3) is 5.91 Å². The number of fused-ring (bicyclic) bond motifs is 1. The molecule has 5 nitrogen and oxygen atoms in total. The molecule has 2 aromatic rings. The Morgan fingerprint density at radius 3 is 2.71 bits per heavy atom. The van der Waals surface area contributed by atoms with E-state index >= 15 is 0 Å². The van der Waals surface area contributed by atoms with Crippen LogP contribution in [0.15, 0.2) is 30.5 Å². The Kier molecular flexibility index (Phi) is 4.98. The van der Waals surface area contributed by atoms with Crippen LogP contribution < -0.4 is 10.6 Å². The number of hydrogen-bond acceptors (Lipinski definition) is 2. The van der Waals surface area contributed by atoms with Crippen LogP contribution in [0.3, 0.4) is 0 Å². The average Bonchev–Trinajstić information content (AvgIpc) is 2.89. The van der Waals surface area contributed by atoms with Gasteiger partial charge in [0.2, 0.25) is 5.91 Å². The van der Waals surface area contributed by atoms with Gasteiger partial charge in [-0.3, -0.25) is 9.59 Å². The van der Waals surface area contributed by atoms with Crippen molar-refractivity contribution in [1.82, 2.24) is 15.6 Å². The summed E-state index contributed by atoms with van der Waals surface area (Å²) in [6.07, 6.45) is 1.99. The fraction of sp³-hybridized carbons (Fsp3) is 0.375. The fourth-order valence-corrected chi connectivity index (χ4v) is 2.05. The van der Waals surface area contributed by atoms with Crippen LogP contribution in [0.5, 0.6) is 0 Å². The Hall–Kier alpha value is -2.30. The molecule has 1 aromatic heterocycles. The normalized spacial score (nSPS) is 10.8. The first-order chi connectivity index (χ1) is 10.1. The second kappa shape index (κ2) is 6.92. The van der Waals surface area contributed by atoms with Crippen molar-refractivity contribution in [2.24, 2.45) is 5.92 Å². The van der Waals surface area contributed by atoms with E-state index in [1.165, 1.54) is 0 Å². The number of rotatable bonds is 6. The van der Waals surface area contributed by atoms with Gasteiger partial charge in [0.05, 0.1) is 5.56 Å². The number of carbonyl (C=O) groups is 2. The van der Waals surface area contributed by atoms with Crippen molar-refractivity contribution in [2.45, 2.75) is 20.3 Å². The number of nitrogens with one attached hydrogen (secondary N) is 3. The van der Waals surface area contributed by atoms with Crippen LogP contribution in [0.1, 0.15) is 30.6 Å². The molecule has 0 aliphatic carbocycles. The molecule has 0 unspecified atom stereocenters. The number of hydrogen-bond donors (Lipinski definition) is 3. The third-order valence-corrected chi connectivity index (χ3v) is 3.18. The molecule has 2 amide bonds. The number of para-hydroxylation sites is 1. The zero-order valence-electron chi connectivity index (χ0n) is 12.4. The Labute approximate surface area is 124 Å². The summed E-state index contributed by atoms with van der Waals surface area (Å²) in [6, 6.07) is 7.63. The Balaban J connectivity index is 1.84. The highest BCUT2D eigenvalue weighted by atomic mass is 16.2. The fourth-order valence-electron chi connectivity index (χ4n) is 2.05. The first-order valence-electron chi connectivity index (χ1n) is 7.19. The molecule has 1 aromatic carbocycles. The van der Waals surface area contributed by atoms with Gasteiger partial charge in [-0.1, -0.05) is 32.0 Å². The molecule has 0 bridgehead atoms.